The van der Waals surface area contributed by atoms with Gasteiger partial charge in [0.15, 0.2) is 0 Å². The summed E-state index contributed by atoms with van der Waals surface area (Å²) in [6.07, 6.45) is 0. The summed E-state index contributed by atoms with van der Waals surface area (Å²) < 4.78 is 0. The smallest absolute Gasteiger partial charge is 0.0455 e. The predicted molar refractivity (Wildman–Crippen MR) is 62.9 cm³/mol. The minimum absolute atomic E-state index is 0.702. The van der Waals surface area contributed by atoms with E-state index in [0.717, 1.165) is 19.8 Å². The second-order valence-corrected chi connectivity index (χ2v) is 4.90. The lowest BCUT2D eigenvalue weighted by atomic mass is 10.1. The Morgan fingerprint density at radius 2 is 1.60 bits per heavy atom. The first-order valence-corrected chi connectivity index (χ1v) is 6.17. The van der Waals surface area contributed by atoms with Crippen LogP contribution in [0, 0.1) is 0 Å². The fraction of sp³-hybridized carbons (Fsp3) is 1.00. The summed E-state index contributed by atoms with van der Waals surface area (Å²) in [5, 5.41) is 6.80. The Bertz CT molecular complexity index is 181. The Morgan fingerprint density at radius 3 is 2.13 bits per heavy atom. The third-order valence-corrected chi connectivity index (χ3v) is 3.61. The summed E-state index contributed by atoms with van der Waals surface area (Å²) in [5.74, 6) is 0. The average molecular weight is 212 g/mol. The summed E-state index contributed by atoms with van der Waals surface area (Å²) >= 11 is 0. The molecule has 4 nitrogen and oxygen atoms in total. The first kappa shape index (κ1) is 11.3. The van der Waals surface area contributed by atoms with Gasteiger partial charge < -0.3 is 10.6 Å². The van der Waals surface area contributed by atoms with E-state index in [-0.39, 0.29) is 0 Å². The van der Waals surface area contributed by atoms with Gasteiger partial charge in [0.2, 0.25) is 0 Å². The molecule has 2 heterocycles. The Balaban J connectivity index is 1.77. The zero-order valence-corrected chi connectivity index (χ0v) is 10.00. The third kappa shape index (κ3) is 2.91. The normalized spacial score (nSPS) is 27.4. The van der Waals surface area contributed by atoms with Crippen LogP contribution in [0.4, 0.5) is 0 Å². The highest BCUT2D eigenvalue weighted by Crippen LogP contribution is 2.09. The molecule has 0 aliphatic carbocycles. The van der Waals surface area contributed by atoms with Gasteiger partial charge in [-0.2, -0.15) is 0 Å². The van der Waals surface area contributed by atoms with Crippen molar-refractivity contribution in [2.45, 2.75) is 25.9 Å². The highest BCUT2D eigenvalue weighted by atomic mass is 15.3. The van der Waals surface area contributed by atoms with Crippen LogP contribution in [0.1, 0.15) is 13.8 Å². The lowest BCUT2D eigenvalue weighted by Crippen LogP contribution is -2.60. The molecule has 2 rings (SSSR count). The van der Waals surface area contributed by atoms with Crippen molar-refractivity contribution in [3.8, 4) is 0 Å². The molecule has 88 valence electrons. The van der Waals surface area contributed by atoms with Gasteiger partial charge in [-0.15, -0.1) is 0 Å². The van der Waals surface area contributed by atoms with Crippen LogP contribution in [0.15, 0.2) is 0 Å². The van der Waals surface area contributed by atoms with Gasteiger partial charge in [-0.25, -0.2) is 0 Å². The number of hydrogen-bond acceptors (Lipinski definition) is 4. The van der Waals surface area contributed by atoms with Gasteiger partial charge in [0.05, 0.1) is 0 Å². The van der Waals surface area contributed by atoms with E-state index in [2.05, 4.69) is 34.3 Å². The van der Waals surface area contributed by atoms with Gasteiger partial charge in [0.25, 0.3) is 0 Å². The molecule has 0 spiro atoms. The maximum atomic E-state index is 3.40. The second kappa shape index (κ2) is 5.25. The Labute approximate surface area is 93.0 Å². The molecule has 2 aliphatic heterocycles. The molecule has 2 fully saturated rings. The molecular weight excluding hydrogens is 188 g/mol. The zero-order chi connectivity index (χ0) is 10.7. The lowest BCUT2D eigenvalue weighted by molar-refractivity contribution is 0.0716. The second-order valence-electron chi connectivity index (χ2n) is 4.90. The van der Waals surface area contributed by atoms with Crippen molar-refractivity contribution in [2.75, 3.05) is 45.9 Å². The number of piperazine rings is 1. The maximum Gasteiger partial charge on any atom is 0.0455 e. The van der Waals surface area contributed by atoms with Crippen LogP contribution in [0.3, 0.4) is 0 Å². The topological polar surface area (TPSA) is 30.5 Å². The zero-order valence-electron chi connectivity index (χ0n) is 10.00. The van der Waals surface area contributed by atoms with Crippen LogP contribution in [0.25, 0.3) is 0 Å². The molecule has 0 unspecified atom stereocenters. The first-order chi connectivity index (χ1) is 7.27. The van der Waals surface area contributed by atoms with Gasteiger partial charge in [0.1, 0.15) is 0 Å². The molecule has 0 atom stereocenters. The maximum absolute atomic E-state index is 3.40. The van der Waals surface area contributed by atoms with E-state index in [1.54, 1.807) is 0 Å². The largest absolute Gasteiger partial charge is 0.303 e. The first-order valence-electron chi connectivity index (χ1n) is 6.17. The molecule has 2 saturated heterocycles. The van der Waals surface area contributed by atoms with Crippen LogP contribution in [0.2, 0.25) is 0 Å². The van der Waals surface area contributed by atoms with Crippen molar-refractivity contribution >= 4 is 0 Å². The van der Waals surface area contributed by atoms with E-state index in [1.807, 2.05) is 0 Å². The fourth-order valence-electron chi connectivity index (χ4n) is 2.52. The average Bonchev–Trinajstić information content (AvgIpc) is 2.30. The minimum Gasteiger partial charge on any atom is -0.303 e. The molecule has 15 heavy (non-hydrogen) atoms. The van der Waals surface area contributed by atoms with E-state index >= 15 is 0 Å². The lowest BCUT2D eigenvalue weighted by Gasteiger charge is -2.42. The number of nitrogens with zero attached hydrogens (tertiary/aromatic N) is 2. The van der Waals surface area contributed by atoms with E-state index in [1.165, 1.54) is 26.2 Å². The summed E-state index contributed by atoms with van der Waals surface area (Å²) in [6, 6.07) is 1.41. The molecule has 0 aromatic heterocycles. The molecule has 0 saturated carbocycles. The fourth-order valence-corrected chi connectivity index (χ4v) is 2.52. The summed E-state index contributed by atoms with van der Waals surface area (Å²) in [4.78, 5) is 5.19. The minimum atomic E-state index is 0.702. The SMILES string of the molecule is CC(C)N1CCN(C2CNCNC2)CC1. The van der Waals surface area contributed by atoms with Gasteiger partial charge in [-0.05, 0) is 13.8 Å². The summed E-state index contributed by atoms with van der Waals surface area (Å²) in [6.45, 7) is 12.8. The van der Waals surface area contributed by atoms with Gasteiger partial charge in [0, 0.05) is 58.0 Å². The molecule has 0 aromatic carbocycles. The van der Waals surface area contributed by atoms with Crippen LogP contribution in [-0.2, 0) is 0 Å². The molecule has 2 N–H and O–H groups in total. The molecule has 2 aliphatic rings. The molecule has 0 aromatic rings. The molecule has 4 heteroatoms. The Morgan fingerprint density at radius 1 is 1.00 bits per heavy atom. The van der Waals surface area contributed by atoms with Crippen LogP contribution < -0.4 is 10.6 Å². The van der Waals surface area contributed by atoms with E-state index in [9.17, 15) is 0 Å². The van der Waals surface area contributed by atoms with Crippen molar-refractivity contribution in [1.29, 1.82) is 0 Å². The van der Waals surface area contributed by atoms with E-state index < -0.39 is 0 Å². The number of nitrogens with one attached hydrogen (secondary N) is 2. The van der Waals surface area contributed by atoms with Crippen molar-refractivity contribution in [3.05, 3.63) is 0 Å². The van der Waals surface area contributed by atoms with E-state index in [0.29, 0.717) is 12.1 Å². The van der Waals surface area contributed by atoms with Crippen molar-refractivity contribution < 1.29 is 0 Å². The van der Waals surface area contributed by atoms with Gasteiger partial charge in [-0.1, -0.05) is 0 Å². The van der Waals surface area contributed by atoms with Crippen LogP contribution in [0.5, 0.6) is 0 Å². The number of hydrogen-bond donors (Lipinski definition) is 2. The molecule has 0 bridgehead atoms. The standard InChI is InChI=1S/C11H24N4/c1-10(2)14-3-5-15(6-4-14)11-7-12-9-13-8-11/h10-13H,3-9H2,1-2H3. The summed E-state index contributed by atoms with van der Waals surface area (Å²) in [7, 11) is 0. The van der Waals surface area contributed by atoms with E-state index in [4.69, 9.17) is 0 Å². The molecular formula is C11H24N4. The Kier molecular flexibility index (Phi) is 3.97. The highest BCUT2D eigenvalue weighted by molar-refractivity contribution is 4.84. The highest BCUT2D eigenvalue weighted by Gasteiger charge is 2.25. The molecule has 0 radical (unpaired) electrons. The molecule has 0 amide bonds. The Hall–Kier alpha value is -0.160. The quantitative estimate of drug-likeness (QED) is 0.648. The monoisotopic (exact) mass is 212 g/mol. The number of rotatable bonds is 2. The van der Waals surface area contributed by atoms with Crippen molar-refractivity contribution in [3.63, 3.8) is 0 Å². The van der Waals surface area contributed by atoms with Crippen LogP contribution >= 0.6 is 0 Å². The van der Waals surface area contributed by atoms with Crippen molar-refractivity contribution in [2.24, 2.45) is 0 Å². The predicted octanol–water partition coefficient (Wildman–Crippen LogP) is -0.469. The van der Waals surface area contributed by atoms with Crippen molar-refractivity contribution in [1.82, 2.24) is 20.4 Å². The third-order valence-electron chi connectivity index (χ3n) is 3.61. The van der Waals surface area contributed by atoms with Gasteiger partial charge >= 0.3 is 0 Å². The van der Waals surface area contributed by atoms with Gasteiger partial charge in [-0.3, -0.25) is 9.80 Å². The summed E-state index contributed by atoms with van der Waals surface area (Å²) in [5.41, 5.74) is 0. The van der Waals surface area contributed by atoms with Crippen LogP contribution in [-0.4, -0.2) is 67.8 Å².